The molecule has 2 aromatic rings. The number of rotatable bonds is 4. The number of aromatic nitrogens is 2. The number of hydrogen-bond acceptors (Lipinski definition) is 7. The number of hydrogen-bond donors (Lipinski definition) is 1. The highest BCUT2D eigenvalue weighted by atomic mass is 19.4. The van der Waals surface area contributed by atoms with Crippen molar-refractivity contribution < 1.29 is 36.7 Å². The van der Waals surface area contributed by atoms with Crippen LogP contribution in [0.1, 0.15) is 5.89 Å². The van der Waals surface area contributed by atoms with E-state index in [0.717, 1.165) is 12.1 Å². The van der Waals surface area contributed by atoms with Crippen LogP contribution in [0.5, 0.6) is 5.75 Å². The van der Waals surface area contributed by atoms with Gasteiger partial charge in [0, 0.05) is 5.56 Å². The molecular weight excluding hydrogens is 347 g/mol. The molecule has 1 aromatic carbocycles. The second-order valence-electron chi connectivity index (χ2n) is 5.26. The topological polar surface area (TPSA) is 110 Å². The summed E-state index contributed by atoms with van der Waals surface area (Å²) in [6.07, 6.45) is -4.78. The summed E-state index contributed by atoms with van der Waals surface area (Å²) in [5.74, 6) is -1.16. The van der Waals surface area contributed by atoms with Crippen LogP contribution in [0.4, 0.5) is 13.2 Å². The molecule has 0 bridgehead atoms. The number of carbonyl (C=O) groups is 1. The van der Waals surface area contributed by atoms with Crippen molar-refractivity contribution >= 4 is 5.91 Å². The molecule has 3 rings (SSSR count). The second kappa shape index (κ2) is 6.33. The molecule has 0 aliphatic carbocycles. The zero-order valence-corrected chi connectivity index (χ0v) is 12.6. The van der Waals surface area contributed by atoms with Crippen LogP contribution in [0, 0.1) is 0 Å². The summed E-state index contributed by atoms with van der Waals surface area (Å²) in [5.41, 5.74) is 4.36. The van der Waals surface area contributed by atoms with Gasteiger partial charge in [0.2, 0.25) is 17.6 Å². The van der Waals surface area contributed by atoms with Crippen molar-refractivity contribution in [3.8, 4) is 17.1 Å². The molecule has 0 radical (unpaired) electrons. The first-order chi connectivity index (χ1) is 11.8. The largest absolute Gasteiger partial charge is 0.573 e. The van der Waals surface area contributed by atoms with Gasteiger partial charge in [0.1, 0.15) is 12.5 Å². The molecule has 2 heterocycles. The minimum Gasteiger partial charge on any atom is -0.406 e. The molecule has 1 aliphatic heterocycles. The van der Waals surface area contributed by atoms with Crippen LogP contribution >= 0.6 is 0 Å². The van der Waals surface area contributed by atoms with Crippen LogP contribution < -0.4 is 10.5 Å². The van der Waals surface area contributed by atoms with E-state index in [1.165, 1.54) is 12.1 Å². The van der Waals surface area contributed by atoms with Gasteiger partial charge in [-0.05, 0) is 24.3 Å². The van der Waals surface area contributed by atoms with Gasteiger partial charge in [-0.1, -0.05) is 5.16 Å². The molecule has 25 heavy (non-hydrogen) atoms. The molecule has 1 aliphatic rings. The number of halogens is 3. The summed E-state index contributed by atoms with van der Waals surface area (Å²) in [6.45, 7) is -0.151. The molecule has 134 valence electrons. The van der Waals surface area contributed by atoms with Crippen molar-refractivity contribution in [3.05, 3.63) is 30.2 Å². The maximum Gasteiger partial charge on any atom is 0.573 e. The standard InChI is InChI=1S/C14H12F3N3O5/c15-14(16,17)24-9-3-1-8(2-4-9)10-19-12(25-20-10)13(11(18)21)5-22-7-23-6-13/h1-4H,5-7H2,(H2,18,21). The van der Waals surface area contributed by atoms with E-state index in [1.54, 1.807) is 0 Å². The van der Waals surface area contributed by atoms with Crippen LogP contribution in [0.15, 0.2) is 28.8 Å². The minimum absolute atomic E-state index is 0.0106. The molecule has 0 spiro atoms. The van der Waals surface area contributed by atoms with Crippen LogP contribution in [0.25, 0.3) is 11.4 Å². The third kappa shape index (κ3) is 3.56. The molecule has 11 heteroatoms. The van der Waals surface area contributed by atoms with Crippen molar-refractivity contribution in [1.29, 1.82) is 0 Å². The first kappa shape index (κ1) is 17.2. The Kier molecular flexibility index (Phi) is 4.35. The number of amides is 1. The SMILES string of the molecule is NC(=O)C1(c2nc(-c3ccc(OC(F)(F)F)cc3)no2)COCOC1. The van der Waals surface area contributed by atoms with Gasteiger partial charge in [-0.3, -0.25) is 4.79 Å². The lowest BCUT2D eigenvalue weighted by atomic mass is 9.88. The van der Waals surface area contributed by atoms with Gasteiger partial charge in [-0.2, -0.15) is 4.98 Å². The third-order valence-electron chi connectivity index (χ3n) is 3.52. The van der Waals surface area contributed by atoms with E-state index >= 15 is 0 Å². The van der Waals surface area contributed by atoms with Gasteiger partial charge in [-0.25, -0.2) is 0 Å². The highest BCUT2D eigenvalue weighted by Gasteiger charge is 2.47. The van der Waals surface area contributed by atoms with Gasteiger partial charge < -0.3 is 24.5 Å². The Labute approximate surface area is 138 Å². The van der Waals surface area contributed by atoms with Crippen molar-refractivity contribution in [2.45, 2.75) is 11.8 Å². The first-order valence-corrected chi connectivity index (χ1v) is 6.96. The lowest BCUT2D eigenvalue weighted by molar-refractivity contribution is -0.274. The number of nitrogens with zero attached hydrogens (tertiary/aromatic N) is 2. The van der Waals surface area contributed by atoms with Gasteiger partial charge in [0.25, 0.3) is 0 Å². The smallest absolute Gasteiger partial charge is 0.406 e. The summed E-state index contributed by atoms with van der Waals surface area (Å²) in [6, 6.07) is 4.85. The summed E-state index contributed by atoms with van der Waals surface area (Å²) in [4.78, 5) is 15.9. The summed E-state index contributed by atoms with van der Waals surface area (Å²) in [7, 11) is 0. The second-order valence-corrected chi connectivity index (χ2v) is 5.26. The molecule has 8 nitrogen and oxygen atoms in total. The van der Waals surface area contributed by atoms with Crippen molar-refractivity contribution in [2.24, 2.45) is 5.73 Å². The fourth-order valence-corrected chi connectivity index (χ4v) is 2.24. The fraction of sp³-hybridized carbons (Fsp3) is 0.357. The van der Waals surface area contributed by atoms with E-state index in [4.69, 9.17) is 19.7 Å². The van der Waals surface area contributed by atoms with Crippen LogP contribution in [0.2, 0.25) is 0 Å². The lowest BCUT2D eigenvalue weighted by Gasteiger charge is -2.30. The molecule has 0 saturated carbocycles. The Morgan fingerprint density at radius 3 is 2.40 bits per heavy atom. The van der Waals surface area contributed by atoms with E-state index in [1.807, 2.05) is 0 Å². The number of nitrogens with two attached hydrogens (primary N) is 1. The number of ether oxygens (including phenoxy) is 3. The zero-order valence-electron chi connectivity index (χ0n) is 12.6. The molecule has 1 saturated heterocycles. The normalized spacial score (nSPS) is 17.2. The summed E-state index contributed by atoms with van der Waals surface area (Å²) < 4.78 is 55.6. The predicted octanol–water partition coefficient (Wildman–Crippen LogP) is 1.36. The van der Waals surface area contributed by atoms with Crippen molar-refractivity contribution in [3.63, 3.8) is 0 Å². The fourth-order valence-electron chi connectivity index (χ4n) is 2.24. The highest BCUT2D eigenvalue weighted by molar-refractivity contribution is 5.86. The molecule has 0 unspecified atom stereocenters. The Bertz CT molecular complexity index is 754. The van der Waals surface area contributed by atoms with E-state index < -0.39 is 17.7 Å². The van der Waals surface area contributed by atoms with Gasteiger partial charge in [0.05, 0.1) is 13.2 Å². The van der Waals surface area contributed by atoms with Crippen molar-refractivity contribution in [2.75, 3.05) is 20.0 Å². The van der Waals surface area contributed by atoms with E-state index in [-0.39, 0.29) is 37.5 Å². The predicted molar refractivity (Wildman–Crippen MR) is 74.1 cm³/mol. The number of primary amides is 1. The minimum atomic E-state index is -4.78. The Hall–Kier alpha value is -2.66. The maximum absolute atomic E-state index is 12.2. The van der Waals surface area contributed by atoms with Gasteiger partial charge in [0.15, 0.2) is 5.41 Å². The van der Waals surface area contributed by atoms with Crippen LogP contribution in [-0.4, -0.2) is 42.4 Å². The Morgan fingerprint density at radius 2 is 1.84 bits per heavy atom. The summed E-state index contributed by atoms with van der Waals surface area (Å²) >= 11 is 0. The number of carbonyl (C=O) groups excluding carboxylic acids is 1. The Morgan fingerprint density at radius 1 is 1.20 bits per heavy atom. The number of alkyl halides is 3. The quantitative estimate of drug-likeness (QED) is 0.878. The van der Waals surface area contributed by atoms with E-state index in [2.05, 4.69) is 14.9 Å². The van der Waals surface area contributed by atoms with Crippen LogP contribution in [-0.2, 0) is 19.7 Å². The summed E-state index contributed by atoms with van der Waals surface area (Å²) in [5, 5.41) is 3.73. The van der Waals surface area contributed by atoms with E-state index in [9.17, 15) is 18.0 Å². The lowest BCUT2D eigenvalue weighted by Crippen LogP contribution is -2.51. The van der Waals surface area contributed by atoms with Crippen molar-refractivity contribution in [1.82, 2.24) is 10.1 Å². The monoisotopic (exact) mass is 359 g/mol. The average molecular weight is 359 g/mol. The molecule has 1 fully saturated rings. The van der Waals surface area contributed by atoms with E-state index in [0.29, 0.717) is 5.56 Å². The van der Waals surface area contributed by atoms with Gasteiger partial charge >= 0.3 is 6.36 Å². The third-order valence-corrected chi connectivity index (χ3v) is 3.52. The first-order valence-electron chi connectivity index (χ1n) is 6.96. The molecular formula is C14H12F3N3O5. The maximum atomic E-state index is 12.2. The molecule has 1 amide bonds. The number of benzene rings is 1. The average Bonchev–Trinajstić information content (AvgIpc) is 3.05. The van der Waals surface area contributed by atoms with Crippen LogP contribution in [0.3, 0.4) is 0 Å². The van der Waals surface area contributed by atoms with Gasteiger partial charge in [-0.15, -0.1) is 13.2 Å². The highest BCUT2D eigenvalue weighted by Crippen LogP contribution is 2.30. The molecule has 1 aromatic heterocycles. The molecule has 2 N–H and O–H groups in total. The zero-order chi connectivity index (χ0) is 18.1. The Balaban J connectivity index is 1.84. The molecule has 0 atom stereocenters.